The van der Waals surface area contributed by atoms with Crippen molar-refractivity contribution in [3.05, 3.63) is 18.0 Å². The number of amides is 1. The molecule has 0 aromatic carbocycles. The first-order valence-corrected chi connectivity index (χ1v) is 9.11. The Hall–Kier alpha value is -1.01. The Kier molecular flexibility index (Phi) is 4.75. The topological polar surface area (TPSA) is 59.4 Å². The summed E-state index contributed by atoms with van der Waals surface area (Å²) in [6, 6.07) is 1.35. The van der Waals surface area contributed by atoms with Gasteiger partial charge in [0.15, 0.2) is 0 Å². The zero-order valence-electron chi connectivity index (χ0n) is 11.5. The van der Waals surface area contributed by atoms with Crippen LogP contribution in [-0.4, -0.2) is 36.9 Å². The van der Waals surface area contributed by atoms with Gasteiger partial charge in [0.1, 0.15) is 10.6 Å². The van der Waals surface area contributed by atoms with Gasteiger partial charge in [0.05, 0.1) is 0 Å². The van der Waals surface area contributed by atoms with Gasteiger partial charge in [-0.25, -0.2) is 8.42 Å². The molecule has 0 N–H and O–H groups in total. The van der Waals surface area contributed by atoms with Gasteiger partial charge >= 0.3 is 0 Å². The SMILES string of the molecule is Cn1cc(S(=O)(=O)Cl)cc1C(=O)N1CCCCCCC1. The van der Waals surface area contributed by atoms with Crippen molar-refractivity contribution >= 4 is 25.6 Å². The van der Waals surface area contributed by atoms with E-state index in [1.54, 1.807) is 11.9 Å². The van der Waals surface area contributed by atoms with Crippen LogP contribution in [0.1, 0.15) is 42.6 Å². The van der Waals surface area contributed by atoms with E-state index in [1.807, 2.05) is 0 Å². The lowest BCUT2D eigenvalue weighted by Gasteiger charge is -2.24. The van der Waals surface area contributed by atoms with E-state index in [0.717, 1.165) is 38.8 Å². The molecule has 2 rings (SSSR count). The van der Waals surface area contributed by atoms with Crippen molar-refractivity contribution in [3.8, 4) is 0 Å². The fourth-order valence-corrected chi connectivity index (χ4v) is 3.28. The van der Waals surface area contributed by atoms with Crippen LogP contribution in [0.2, 0.25) is 0 Å². The second-order valence-electron chi connectivity index (χ2n) is 5.17. The molecule has 0 unspecified atom stereocenters. The molecule has 1 aliphatic rings. The number of carbonyl (C=O) groups is 1. The normalized spacial score (nSPS) is 17.6. The highest BCUT2D eigenvalue weighted by Gasteiger charge is 2.22. The van der Waals surface area contributed by atoms with Gasteiger partial charge in [-0.05, 0) is 18.9 Å². The number of rotatable bonds is 2. The largest absolute Gasteiger partial charge is 0.345 e. The lowest BCUT2D eigenvalue weighted by atomic mass is 10.1. The van der Waals surface area contributed by atoms with Gasteiger partial charge < -0.3 is 9.47 Å². The van der Waals surface area contributed by atoms with E-state index in [4.69, 9.17) is 10.7 Å². The number of likely N-dealkylation sites (tertiary alicyclic amines) is 1. The summed E-state index contributed by atoms with van der Waals surface area (Å²) in [6.45, 7) is 1.46. The molecule has 7 heteroatoms. The molecule has 20 heavy (non-hydrogen) atoms. The van der Waals surface area contributed by atoms with Crippen LogP contribution < -0.4 is 0 Å². The maximum absolute atomic E-state index is 12.5. The van der Waals surface area contributed by atoms with Crippen LogP contribution in [-0.2, 0) is 16.1 Å². The van der Waals surface area contributed by atoms with Gasteiger partial charge in [0.2, 0.25) is 0 Å². The molecule has 1 aliphatic heterocycles. The third-order valence-corrected chi connectivity index (χ3v) is 4.94. The van der Waals surface area contributed by atoms with Crippen LogP contribution in [0.4, 0.5) is 0 Å². The average molecular weight is 319 g/mol. The number of aromatic nitrogens is 1. The van der Waals surface area contributed by atoms with Gasteiger partial charge in [-0.3, -0.25) is 4.79 Å². The first kappa shape index (κ1) is 15.4. The molecule has 1 aromatic rings. The molecule has 1 aromatic heterocycles. The zero-order valence-corrected chi connectivity index (χ0v) is 13.1. The van der Waals surface area contributed by atoms with Crippen molar-refractivity contribution in [2.45, 2.75) is 37.0 Å². The van der Waals surface area contributed by atoms with Crippen molar-refractivity contribution in [2.24, 2.45) is 7.05 Å². The van der Waals surface area contributed by atoms with E-state index in [1.165, 1.54) is 23.3 Å². The van der Waals surface area contributed by atoms with Gasteiger partial charge in [-0.1, -0.05) is 19.3 Å². The van der Waals surface area contributed by atoms with Gasteiger partial charge in [-0.2, -0.15) is 0 Å². The molecule has 5 nitrogen and oxygen atoms in total. The number of nitrogens with zero attached hydrogens (tertiary/aromatic N) is 2. The summed E-state index contributed by atoms with van der Waals surface area (Å²) in [5.74, 6) is -0.124. The second-order valence-corrected chi connectivity index (χ2v) is 7.74. The van der Waals surface area contributed by atoms with Gasteiger partial charge in [0.25, 0.3) is 15.0 Å². The zero-order chi connectivity index (χ0) is 14.8. The lowest BCUT2D eigenvalue weighted by molar-refractivity contribution is 0.0733. The minimum atomic E-state index is -3.80. The van der Waals surface area contributed by atoms with E-state index >= 15 is 0 Å². The number of hydrogen-bond acceptors (Lipinski definition) is 3. The molecule has 1 saturated heterocycles. The summed E-state index contributed by atoms with van der Waals surface area (Å²) in [7, 11) is 3.17. The smallest absolute Gasteiger partial charge is 0.270 e. The molecular weight excluding hydrogens is 300 g/mol. The Balaban J connectivity index is 2.21. The first-order valence-electron chi connectivity index (χ1n) is 6.80. The van der Waals surface area contributed by atoms with E-state index in [-0.39, 0.29) is 10.8 Å². The fraction of sp³-hybridized carbons (Fsp3) is 0.615. The number of aryl methyl sites for hydroxylation is 1. The van der Waals surface area contributed by atoms with Crippen LogP contribution in [0.3, 0.4) is 0 Å². The van der Waals surface area contributed by atoms with Crippen LogP contribution in [0.25, 0.3) is 0 Å². The summed E-state index contributed by atoms with van der Waals surface area (Å²) in [5, 5.41) is 0. The molecule has 1 fully saturated rings. The Morgan fingerprint density at radius 3 is 2.20 bits per heavy atom. The van der Waals surface area contributed by atoms with E-state index < -0.39 is 9.05 Å². The summed E-state index contributed by atoms with van der Waals surface area (Å²) in [4.78, 5) is 14.3. The molecule has 0 bridgehead atoms. The van der Waals surface area contributed by atoms with Crippen LogP contribution in [0.15, 0.2) is 17.2 Å². The van der Waals surface area contributed by atoms with Crippen LogP contribution in [0.5, 0.6) is 0 Å². The van der Waals surface area contributed by atoms with Crippen LogP contribution in [0, 0.1) is 0 Å². The first-order chi connectivity index (χ1) is 9.39. The Bertz CT molecular complexity index is 587. The van der Waals surface area contributed by atoms with Crippen molar-refractivity contribution in [3.63, 3.8) is 0 Å². The van der Waals surface area contributed by atoms with Crippen molar-refractivity contribution in [1.82, 2.24) is 9.47 Å². The highest BCUT2D eigenvalue weighted by Crippen LogP contribution is 2.20. The molecule has 0 atom stereocenters. The third kappa shape index (κ3) is 3.55. The Morgan fingerprint density at radius 1 is 1.15 bits per heavy atom. The Labute approximate surface area is 123 Å². The highest BCUT2D eigenvalue weighted by molar-refractivity contribution is 8.13. The number of hydrogen-bond donors (Lipinski definition) is 0. The number of carbonyl (C=O) groups excluding carboxylic acids is 1. The predicted molar refractivity (Wildman–Crippen MR) is 77.4 cm³/mol. The summed E-state index contributed by atoms with van der Waals surface area (Å²) >= 11 is 0. The van der Waals surface area contributed by atoms with Crippen molar-refractivity contribution < 1.29 is 13.2 Å². The molecule has 112 valence electrons. The minimum absolute atomic E-state index is 0.0305. The molecule has 0 radical (unpaired) electrons. The molecule has 0 saturated carbocycles. The molecule has 0 spiro atoms. The van der Waals surface area contributed by atoms with E-state index in [0.29, 0.717) is 5.69 Å². The second kappa shape index (κ2) is 6.18. The molecule has 0 aliphatic carbocycles. The Morgan fingerprint density at radius 2 is 1.70 bits per heavy atom. The maximum atomic E-state index is 12.5. The third-order valence-electron chi connectivity index (χ3n) is 3.62. The van der Waals surface area contributed by atoms with Crippen molar-refractivity contribution in [1.29, 1.82) is 0 Å². The number of halogens is 1. The molecule has 1 amide bonds. The summed E-state index contributed by atoms with van der Waals surface area (Å²) in [5.41, 5.74) is 0.366. The quantitative estimate of drug-likeness (QED) is 0.786. The summed E-state index contributed by atoms with van der Waals surface area (Å²) < 4.78 is 24.2. The van der Waals surface area contributed by atoms with Gasteiger partial charge in [0, 0.05) is 37.0 Å². The average Bonchev–Trinajstić information content (AvgIpc) is 2.70. The van der Waals surface area contributed by atoms with Gasteiger partial charge in [-0.15, -0.1) is 0 Å². The highest BCUT2D eigenvalue weighted by atomic mass is 35.7. The standard InChI is InChI=1S/C13H19ClN2O3S/c1-15-10-11(20(14,18)19)9-12(15)13(17)16-7-5-3-2-4-6-8-16/h9-10H,2-8H2,1H3. The van der Waals surface area contributed by atoms with E-state index in [2.05, 4.69) is 0 Å². The fourth-order valence-electron chi connectivity index (χ4n) is 2.49. The monoisotopic (exact) mass is 318 g/mol. The minimum Gasteiger partial charge on any atom is -0.345 e. The van der Waals surface area contributed by atoms with Crippen molar-refractivity contribution in [2.75, 3.05) is 13.1 Å². The predicted octanol–water partition coefficient (Wildman–Crippen LogP) is 2.36. The molecule has 2 heterocycles. The molecular formula is C13H19ClN2O3S. The maximum Gasteiger partial charge on any atom is 0.270 e. The van der Waals surface area contributed by atoms with E-state index in [9.17, 15) is 13.2 Å². The lowest BCUT2D eigenvalue weighted by Crippen LogP contribution is -2.34. The summed E-state index contributed by atoms with van der Waals surface area (Å²) in [6.07, 6.45) is 6.87. The van der Waals surface area contributed by atoms with Crippen LogP contribution >= 0.6 is 10.7 Å².